The summed E-state index contributed by atoms with van der Waals surface area (Å²) in [6.07, 6.45) is 10.3. The van der Waals surface area contributed by atoms with Gasteiger partial charge in [-0.15, -0.1) is 6.58 Å². The van der Waals surface area contributed by atoms with E-state index in [4.69, 9.17) is 0 Å². The zero-order valence-corrected chi connectivity index (χ0v) is 21.1. The molecule has 0 aromatic rings. The quantitative estimate of drug-likeness (QED) is 0.461. The molecule has 2 N–H and O–H groups in total. The summed E-state index contributed by atoms with van der Waals surface area (Å²) >= 11 is 0. The number of allylic oxidation sites excluding steroid dienone is 2. The van der Waals surface area contributed by atoms with Crippen molar-refractivity contribution in [2.75, 3.05) is 25.1 Å². The van der Waals surface area contributed by atoms with Crippen molar-refractivity contribution in [1.82, 2.24) is 10.2 Å². The van der Waals surface area contributed by atoms with Crippen molar-refractivity contribution in [3.63, 3.8) is 0 Å². The van der Waals surface area contributed by atoms with Crippen LogP contribution >= 0.6 is 0 Å². The van der Waals surface area contributed by atoms with E-state index >= 15 is 0 Å². The van der Waals surface area contributed by atoms with Crippen molar-refractivity contribution >= 4 is 25.6 Å². The molecular weight excluding hydrogens is 464 g/mol. The Bertz CT molecular complexity index is 1030. The van der Waals surface area contributed by atoms with E-state index in [-0.39, 0.29) is 41.5 Å². The molecule has 0 aromatic carbocycles. The summed E-state index contributed by atoms with van der Waals surface area (Å²) in [6, 6.07) is -0.0885. The first-order chi connectivity index (χ1) is 15.4. The van der Waals surface area contributed by atoms with Crippen LogP contribution in [0.3, 0.4) is 0 Å². The van der Waals surface area contributed by atoms with Gasteiger partial charge in [-0.1, -0.05) is 25.2 Å². The molecule has 33 heavy (non-hydrogen) atoms. The second kappa shape index (κ2) is 10.0. The van der Waals surface area contributed by atoms with E-state index in [9.17, 15) is 26.7 Å². The lowest BCUT2D eigenvalue weighted by Gasteiger charge is -2.38. The van der Waals surface area contributed by atoms with E-state index < -0.39 is 36.6 Å². The molecule has 0 radical (unpaired) electrons. The zero-order chi connectivity index (χ0) is 24.4. The van der Waals surface area contributed by atoms with Crippen LogP contribution in [-0.2, 0) is 24.5 Å². The molecule has 1 saturated carbocycles. The van der Waals surface area contributed by atoms with Crippen molar-refractivity contribution < 1.29 is 26.7 Å². The number of hydrogen-bond donors (Lipinski definition) is 2. The number of rotatable bonds is 9. The molecule has 1 aliphatic heterocycles. The average Bonchev–Trinajstić information content (AvgIpc) is 3.34. The fourth-order valence-corrected chi connectivity index (χ4v) is 8.20. The van der Waals surface area contributed by atoms with Gasteiger partial charge in [0.15, 0.2) is 19.7 Å². The maximum atomic E-state index is 13.2. The van der Waals surface area contributed by atoms with Gasteiger partial charge in [0, 0.05) is 24.3 Å². The summed E-state index contributed by atoms with van der Waals surface area (Å²) < 4.78 is 49.9. The highest BCUT2D eigenvalue weighted by atomic mass is 32.2. The Hall–Kier alpha value is -1.49. The fraction of sp³-hybridized carbons (Fsp3) is 0.696. The predicted molar refractivity (Wildman–Crippen MR) is 129 cm³/mol. The van der Waals surface area contributed by atoms with E-state index in [1.807, 2.05) is 13.0 Å². The second-order valence-electron chi connectivity index (χ2n) is 9.44. The number of carbonyl (C=O) groups is 1. The van der Waals surface area contributed by atoms with Gasteiger partial charge < -0.3 is 15.3 Å². The summed E-state index contributed by atoms with van der Waals surface area (Å²) in [4.78, 5) is 14.2. The van der Waals surface area contributed by atoms with Gasteiger partial charge in [-0.25, -0.2) is 16.8 Å². The Morgan fingerprint density at radius 3 is 2.55 bits per heavy atom. The van der Waals surface area contributed by atoms with Crippen LogP contribution in [-0.4, -0.2) is 75.4 Å². The van der Waals surface area contributed by atoms with Crippen LogP contribution in [0.25, 0.3) is 0 Å². The van der Waals surface area contributed by atoms with Crippen LogP contribution in [0.2, 0.25) is 0 Å². The summed E-state index contributed by atoms with van der Waals surface area (Å²) in [5, 5.41) is 12.6. The Morgan fingerprint density at radius 1 is 1.30 bits per heavy atom. The van der Waals surface area contributed by atoms with Gasteiger partial charge in [-0.3, -0.25) is 4.79 Å². The normalized spacial score (nSPS) is 32.7. The molecular formula is C23H36N2O6S2. The van der Waals surface area contributed by atoms with Crippen molar-refractivity contribution in [2.45, 2.75) is 63.0 Å². The first kappa shape index (κ1) is 26.1. The Morgan fingerprint density at radius 2 is 2.03 bits per heavy atom. The lowest BCUT2D eigenvalue weighted by molar-refractivity contribution is -0.137. The van der Waals surface area contributed by atoms with Crippen LogP contribution in [0.15, 0.2) is 35.8 Å². The number of sulfone groups is 2. The first-order valence-electron chi connectivity index (χ1n) is 11.6. The number of amides is 1. The lowest BCUT2D eigenvalue weighted by atomic mass is 9.74. The average molecular weight is 501 g/mol. The highest BCUT2D eigenvalue weighted by Gasteiger charge is 2.48. The molecule has 0 bridgehead atoms. The van der Waals surface area contributed by atoms with Crippen LogP contribution in [0.4, 0.5) is 0 Å². The van der Waals surface area contributed by atoms with Crippen molar-refractivity contribution in [3.8, 4) is 0 Å². The summed E-state index contributed by atoms with van der Waals surface area (Å²) in [6.45, 7) is 6.67. The van der Waals surface area contributed by atoms with Crippen LogP contribution in [0.5, 0.6) is 0 Å². The van der Waals surface area contributed by atoms with Crippen molar-refractivity contribution in [3.05, 3.63) is 35.8 Å². The van der Waals surface area contributed by atoms with E-state index in [0.29, 0.717) is 25.8 Å². The maximum Gasteiger partial charge on any atom is 0.238 e. The third-order valence-corrected chi connectivity index (χ3v) is 10.9. The smallest absolute Gasteiger partial charge is 0.238 e. The second-order valence-corrected chi connectivity index (χ2v) is 13.7. The standard InChI is InChI=1S/C23H36N2O6S2/c1-4-23(5-2)17(8-13-20(23)24-15-22(27)25-14-6-7-21(25)26)16-33(30,31)19-11-9-18(10-12-19)32(3,28)29/h4,9,11-12,17-18,20-21,24,26H,1,5-8,10,13-16H2,2-3H3. The molecule has 1 heterocycles. The fourth-order valence-electron chi connectivity index (χ4n) is 5.55. The van der Waals surface area contributed by atoms with E-state index in [1.54, 1.807) is 0 Å². The van der Waals surface area contributed by atoms with E-state index in [2.05, 4.69) is 11.9 Å². The third-order valence-electron chi connectivity index (χ3n) is 7.60. The molecule has 2 fully saturated rings. The highest BCUT2D eigenvalue weighted by Crippen LogP contribution is 2.48. The molecule has 186 valence electrons. The van der Waals surface area contributed by atoms with Crippen LogP contribution in [0.1, 0.15) is 45.4 Å². The number of likely N-dealkylation sites (tertiary alicyclic amines) is 1. The number of hydrogen-bond acceptors (Lipinski definition) is 7. The van der Waals surface area contributed by atoms with Gasteiger partial charge in [-0.2, -0.15) is 0 Å². The molecule has 1 amide bonds. The number of nitrogens with zero attached hydrogens (tertiary/aromatic N) is 1. The van der Waals surface area contributed by atoms with Crippen LogP contribution < -0.4 is 5.32 Å². The zero-order valence-electron chi connectivity index (χ0n) is 19.4. The van der Waals surface area contributed by atoms with Crippen LogP contribution in [0, 0.1) is 11.3 Å². The van der Waals surface area contributed by atoms with Gasteiger partial charge in [-0.05, 0) is 50.5 Å². The molecule has 3 aliphatic rings. The number of carbonyl (C=O) groups excluding carboxylic acids is 1. The topological polar surface area (TPSA) is 121 Å². The third kappa shape index (κ3) is 5.44. The van der Waals surface area contributed by atoms with Gasteiger partial charge in [0.1, 0.15) is 6.23 Å². The molecule has 10 heteroatoms. The number of nitrogens with one attached hydrogen (secondary N) is 1. The Kier molecular flexibility index (Phi) is 7.93. The minimum atomic E-state index is -3.61. The lowest BCUT2D eigenvalue weighted by Crippen LogP contribution is -2.49. The predicted octanol–water partition coefficient (Wildman–Crippen LogP) is 1.55. The summed E-state index contributed by atoms with van der Waals surface area (Å²) in [5.74, 6) is -0.372. The first-order valence-corrected chi connectivity index (χ1v) is 15.2. The highest BCUT2D eigenvalue weighted by molar-refractivity contribution is 7.95. The van der Waals surface area contributed by atoms with Gasteiger partial charge in [0.05, 0.1) is 22.5 Å². The minimum Gasteiger partial charge on any atom is -0.374 e. The molecule has 5 unspecified atom stereocenters. The summed E-state index contributed by atoms with van der Waals surface area (Å²) in [7, 11) is -6.87. The van der Waals surface area contributed by atoms with Gasteiger partial charge in [0.25, 0.3) is 0 Å². The molecule has 8 nitrogen and oxygen atoms in total. The van der Waals surface area contributed by atoms with E-state index in [1.165, 1.54) is 23.1 Å². The molecule has 1 saturated heterocycles. The van der Waals surface area contributed by atoms with E-state index in [0.717, 1.165) is 19.1 Å². The number of aliphatic hydroxyl groups excluding tert-OH is 1. The van der Waals surface area contributed by atoms with Gasteiger partial charge in [0.2, 0.25) is 5.91 Å². The van der Waals surface area contributed by atoms with Crippen molar-refractivity contribution in [1.29, 1.82) is 0 Å². The monoisotopic (exact) mass is 500 g/mol. The minimum absolute atomic E-state index is 0.0520. The molecule has 5 atom stereocenters. The SMILES string of the molecule is C=CC1(CC)C(CS(=O)(=O)C2=CCC(S(C)(=O)=O)C=C2)CCC1NCC(=O)N1CCCC1O. The molecule has 3 rings (SSSR count). The molecule has 2 aliphatic carbocycles. The molecule has 0 spiro atoms. The largest absolute Gasteiger partial charge is 0.374 e. The molecule has 0 aromatic heterocycles. The Balaban J connectivity index is 1.69. The van der Waals surface area contributed by atoms with Gasteiger partial charge >= 0.3 is 0 Å². The Labute approximate surface area is 197 Å². The van der Waals surface area contributed by atoms with Crippen molar-refractivity contribution in [2.24, 2.45) is 11.3 Å². The maximum absolute atomic E-state index is 13.2. The summed E-state index contributed by atoms with van der Waals surface area (Å²) in [5.41, 5.74) is -0.481. The number of aliphatic hydroxyl groups is 1.